The number of fused-ring (bicyclic) bond motifs is 5. The van der Waals surface area contributed by atoms with Crippen LogP contribution in [0.5, 0.6) is 5.75 Å². The standard InChI is InChI=1S/C20H29NO2/c1-3-21-17-11-15-12(10-18(17)22)4-5-14-13(15)8-9-20(2)16(14)6-7-19(20)23/h10-11,13-14,16,19,21-23H,3-9H2,1-2H3/t13-,14+,16-,19+,20-/m1/s1. The predicted molar refractivity (Wildman–Crippen MR) is 92.9 cm³/mol. The van der Waals surface area contributed by atoms with Gasteiger partial charge >= 0.3 is 0 Å². The summed E-state index contributed by atoms with van der Waals surface area (Å²) in [6.07, 6.45) is 6.66. The highest BCUT2D eigenvalue weighted by Gasteiger charge is 2.54. The molecule has 1 aromatic rings. The van der Waals surface area contributed by atoms with Crippen molar-refractivity contribution in [2.45, 2.75) is 64.4 Å². The van der Waals surface area contributed by atoms with Gasteiger partial charge in [-0.25, -0.2) is 0 Å². The van der Waals surface area contributed by atoms with Crippen molar-refractivity contribution < 1.29 is 10.2 Å². The van der Waals surface area contributed by atoms with E-state index in [1.54, 1.807) is 0 Å². The Bertz CT molecular complexity index is 614. The number of hydrogen-bond acceptors (Lipinski definition) is 3. The lowest BCUT2D eigenvalue weighted by atomic mass is 9.55. The molecule has 3 aliphatic rings. The number of benzene rings is 1. The molecule has 3 N–H and O–H groups in total. The van der Waals surface area contributed by atoms with Crippen molar-refractivity contribution in [3.05, 3.63) is 23.3 Å². The summed E-state index contributed by atoms with van der Waals surface area (Å²) in [5, 5.41) is 24.0. The van der Waals surface area contributed by atoms with Gasteiger partial charge in [-0.3, -0.25) is 0 Å². The van der Waals surface area contributed by atoms with Crippen molar-refractivity contribution in [1.29, 1.82) is 0 Å². The third-order valence-corrected chi connectivity index (χ3v) is 7.16. The molecule has 0 radical (unpaired) electrons. The van der Waals surface area contributed by atoms with Crippen LogP contribution >= 0.6 is 0 Å². The summed E-state index contributed by atoms with van der Waals surface area (Å²) in [6, 6.07) is 4.19. The van der Waals surface area contributed by atoms with Gasteiger partial charge in [-0.05, 0) is 91.9 Å². The molecule has 4 rings (SSSR count). The predicted octanol–water partition coefficient (Wildman–Crippen LogP) is 4.04. The maximum atomic E-state index is 10.5. The zero-order valence-electron chi connectivity index (χ0n) is 14.3. The third kappa shape index (κ3) is 2.20. The van der Waals surface area contributed by atoms with Gasteiger partial charge in [0.1, 0.15) is 5.75 Å². The molecular formula is C20H29NO2. The van der Waals surface area contributed by atoms with Crippen molar-refractivity contribution in [2.75, 3.05) is 11.9 Å². The van der Waals surface area contributed by atoms with Gasteiger partial charge in [0.05, 0.1) is 11.8 Å². The number of aliphatic hydroxyl groups is 1. The molecule has 3 heteroatoms. The second-order valence-electron chi connectivity index (χ2n) is 8.15. The molecule has 1 aromatic carbocycles. The summed E-state index contributed by atoms with van der Waals surface area (Å²) in [7, 11) is 0. The molecule has 5 atom stereocenters. The Morgan fingerprint density at radius 1 is 1.22 bits per heavy atom. The molecule has 23 heavy (non-hydrogen) atoms. The van der Waals surface area contributed by atoms with Gasteiger partial charge in [0.2, 0.25) is 0 Å². The fourth-order valence-corrected chi connectivity index (χ4v) is 5.91. The molecule has 0 aromatic heterocycles. The lowest BCUT2D eigenvalue weighted by Gasteiger charge is -2.50. The van der Waals surface area contributed by atoms with Crippen LogP contribution in [0, 0.1) is 17.3 Å². The average Bonchev–Trinajstić information content (AvgIpc) is 2.84. The summed E-state index contributed by atoms with van der Waals surface area (Å²) in [5.41, 5.74) is 3.82. The van der Waals surface area contributed by atoms with E-state index >= 15 is 0 Å². The van der Waals surface area contributed by atoms with Crippen LogP contribution in [0.3, 0.4) is 0 Å². The molecule has 3 aliphatic carbocycles. The van der Waals surface area contributed by atoms with Crippen LogP contribution in [0.2, 0.25) is 0 Å². The fraction of sp³-hybridized carbons (Fsp3) is 0.700. The SMILES string of the molecule is CCNc1cc2c(cc1O)CC[C@@H]1[C@H]3CC[C@H](O)[C@]3(C)CC[C@@H]21. The van der Waals surface area contributed by atoms with Crippen LogP contribution in [0.15, 0.2) is 12.1 Å². The summed E-state index contributed by atoms with van der Waals surface area (Å²) >= 11 is 0. The first-order valence-corrected chi connectivity index (χ1v) is 9.32. The Kier molecular flexibility index (Phi) is 3.60. The number of hydrogen-bond donors (Lipinski definition) is 3. The Morgan fingerprint density at radius 2 is 2.04 bits per heavy atom. The van der Waals surface area contributed by atoms with Crippen LogP contribution in [-0.2, 0) is 6.42 Å². The van der Waals surface area contributed by atoms with E-state index in [-0.39, 0.29) is 11.5 Å². The molecule has 0 aliphatic heterocycles. The van der Waals surface area contributed by atoms with E-state index in [4.69, 9.17) is 0 Å². The Balaban J connectivity index is 1.70. The Morgan fingerprint density at radius 3 is 2.83 bits per heavy atom. The van der Waals surface area contributed by atoms with Crippen molar-refractivity contribution >= 4 is 5.69 Å². The smallest absolute Gasteiger partial charge is 0.138 e. The van der Waals surface area contributed by atoms with E-state index in [2.05, 4.69) is 25.2 Å². The number of phenols is 1. The summed E-state index contributed by atoms with van der Waals surface area (Å²) < 4.78 is 0. The van der Waals surface area contributed by atoms with Crippen LogP contribution in [0.1, 0.15) is 63.0 Å². The van der Waals surface area contributed by atoms with E-state index < -0.39 is 0 Å². The van der Waals surface area contributed by atoms with E-state index in [9.17, 15) is 10.2 Å². The lowest BCUT2D eigenvalue weighted by molar-refractivity contribution is -0.0226. The molecule has 0 unspecified atom stereocenters. The summed E-state index contributed by atoms with van der Waals surface area (Å²) in [6.45, 7) is 5.21. The number of phenolic OH excluding ortho intramolecular Hbond substituents is 1. The topological polar surface area (TPSA) is 52.5 Å². The number of rotatable bonds is 2. The van der Waals surface area contributed by atoms with E-state index in [0.717, 1.165) is 31.5 Å². The highest BCUT2D eigenvalue weighted by Crippen LogP contribution is 2.61. The van der Waals surface area contributed by atoms with Crippen LogP contribution in [0.25, 0.3) is 0 Å². The molecule has 126 valence electrons. The second kappa shape index (κ2) is 5.41. The van der Waals surface area contributed by atoms with Crippen molar-refractivity contribution in [3.63, 3.8) is 0 Å². The fourth-order valence-electron chi connectivity index (χ4n) is 5.91. The highest BCUT2D eigenvalue weighted by molar-refractivity contribution is 5.61. The number of aromatic hydroxyl groups is 1. The van der Waals surface area contributed by atoms with Crippen LogP contribution < -0.4 is 5.32 Å². The number of nitrogens with one attached hydrogen (secondary N) is 1. The van der Waals surface area contributed by atoms with Gasteiger partial charge in [0.15, 0.2) is 0 Å². The average molecular weight is 315 g/mol. The van der Waals surface area contributed by atoms with Gasteiger partial charge in [-0.1, -0.05) is 6.92 Å². The molecule has 0 heterocycles. The largest absolute Gasteiger partial charge is 0.506 e. The Labute approximate surface area is 139 Å². The first kappa shape index (κ1) is 15.3. The zero-order chi connectivity index (χ0) is 16.2. The summed E-state index contributed by atoms with van der Waals surface area (Å²) in [5.74, 6) is 2.37. The number of aliphatic hydroxyl groups excluding tert-OH is 1. The van der Waals surface area contributed by atoms with Gasteiger partial charge in [-0.2, -0.15) is 0 Å². The van der Waals surface area contributed by atoms with Crippen molar-refractivity contribution in [1.82, 2.24) is 0 Å². The molecule has 0 amide bonds. The van der Waals surface area contributed by atoms with Gasteiger partial charge < -0.3 is 15.5 Å². The quantitative estimate of drug-likeness (QED) is 0.722. The minimum absolute atomic E-state index is 0.105. The zero-order valence-corrected chi connectivity index (χ0v) is 14.3. The minimum atomic E-state index is -0.105. The second-order valence-corrected chi connectivity index (χ2v) is 8.15. The molecule has 3 nitrogen and oxygen atoms in total. The van der Waals surface area contributed by atoms with Crippen molar-refractivity contribution in [2.24, 2.45) is 17.3 Å². The minimum Gasteiger partial charge on any atom is -0.506 e. The van der Waals surface area contributed by atoms with Crippen molar-refractivity contribution in [3.8, 4) is 5.75 Å². The van der Waals surface area contributed by atoms with Gasteiger partial charge in [0, 0.05) is 6.54 Å². The molecule has 0 bridgehead atoms. The van der Waals surface area contributed by atoms with Crippen LogP contribution in [0.4, 0.5) is 5.69 Å². The highest BCUT2D eigenvalue weighted by atomic mass is 16.3. The number of anilines is 1. The lowest BCUT2D eigenvalue weighted by Crippen LogP contribution is -2.43. The molecule has 2 saturated carbocycles. The van der Waals surface area contributed by atoms with Crippen LogP contribution in [-0.4, -0.2) is 22.9 Å². The molecule has 0 spiro atoms. The molecular weight excluding hydrogens is 286 g/mol. The van der Waals surface area contributed by atoms with E-state index in [1.807, 2.05) is 6.07 Å². The first-order chi connectivity index (χ1) is 11.0. The Hall–Kier alpha value is -1.22. The molecule has 2 fully saturated rings. The third-order valence-electron chi connectivity index (χ3n) is 7.16. The normalized spacial score (nSPS) is 38.6. The van der Waals surface area contributed by atoms with Gasteiger partial charge in [0.25, 0.3) is 0 Å². The van der Waals surface area contributed by atoms with E-state index in [0.29, 0.717) is 23.5 Å². The first-order valence-electron chi connectivity index (χ1n) is 9.32. The maximum absolute atomic E-state index is 10.5. The van der Waals surface area contributed by atoms with E-state index in [1.165, 1.54) is 30.4 Å². The summed E-state index contributed by atoms with van der Waals surface area (Å²) in [4.78, 5) is 0. The monoisotopic (exact) mass is 315 g/mol. The number of aryl methyl sites for hydroxylation is 1. The van der Waals surface area contributed by atoms with Gasteiger partial charge in [-0.15, -0.1) is 0 Å². The molecule has 0 saturated heterocycles. The maximum Gasteiger partial charge on any atom is 0.138 e.